The van der Waals surface area contributed by atoms with Crippen LogP contribution in [0, 0.1) is 5.92 Å². The summed E-state index contributed by atoms with van der Waals surface area (Å²) >= 11 is 0. The van der Waals surface area contributed by atoms with E-state index in [0.29, 0.717) is 31.1 Å². The molecule has 0 spiro atoms. The Hall–Kier alpha value is -4.05. The lowest BCUT2D eigenvalue weighted by Crippen LogP contribution is -2.52. The molecule has 0 aromatic heterocycles. The van der Waals surface area contributed by atoms with Gasteiger partial charge >= 0.3 is 0 Å². The fourth-order valence-electron chi connectivity index (χ4n) is 4.44. The zero-order chi connectivity index (χ0) is 30.7. The van der Waals surface area contributed by atoms with Gasteiger partial charge in [0.25, 0.3) is 10.0 Å². The van der Waals surface area contributed by atoms with Gasteiger partial charge in [0.15, 0.2) is 0 Å². The number of amides is 2. The predicted molar refractivity (Wildman–Crippen MR) is 164 cm³/mol. The second kappa shape index (κ2) is 15.3. The summed E-state index contributed by atoms with van der Waals surface area (Å²) in [5.74, 6) is 0.393. The van der Waals surface area contributed by atoms with E-state index in [1.807, 2.05) is 32.9 Å². The van der Waals surface area contributed by atoms with Crippen LogP contribution >= 0.6 is 0 Å². The van der Waals surface area contributed by atoms with Crippen molar-refractivity contribution in [2.45, 2.75) is 51.6 Å². The topological polar surface area (TPSA) is 105 Å². The second-order valence-electron chi connectivity index (χ2n) is 10.2. The Labute approximate surface area is 249 Å². The molecule has 9 nitrogen and oxygen atoms in total. The zero-order valence-corrected chi connectivity index (χ0v) is 25.8. The van der Waals surface area contributed by atoms with Crippen LogP contribution in [0.4, 0.5) is 5.69 Å². The molecule has 3 aromatic rings. The monoisotopic (exact) mass is 595 g/mol. The molecule has 3 aromatic carbocycles. The van der Waals surface area contributed by atoms with Crippen LogP contribution in [0.25, 0.3) is 0 Å². The van der Waals surface area contributed by atoms with Crippen molar-refractivity contribution in [1.82, 2.24) is 10.2 Å². The number of hydrogen-bond donors (Lipinski definition) is 1. The molecule has 0 bridgehead atoms. The molecular weight excluding hydrogens is 554 g/mol. The third-order valence-corrected chi connectivity index (χ3v) is 8.40. The van der Waals surface area contributed by atoms with E-state index < -0.39 is 28.5 Å². The van der Waals surface area contributed by atoms with E-state index in [9.17, 15) is 18.0 Å². The number of carbonyl (C=O) groups is 2. The lowest BCUT2D eigenvalue weighted by molar-refractivity contribution is -0.140. The SMILES string of the molecule is CCOc1ccccc1N(CC(=O)N(Cc1ccc(OC)cc1)[C@H](CC)C(=O)NCC(C)C)S(=O)(=O)c1ccccc1. The second-order valence-corrected chi connectivity index (χ2v) is 12.0. The largest absolute Gasteiger partial charge is 0.497 e. The van der Waals surface area contributed by atoms with E-state index in [2.05, 4.69) is 5.32 Å². The van der Waals surface area contributed by atoms with Gasteiger partial charge in [-0.25, -0.2) is 8.42 Å². The summed E-state index contributed by atoms with van der Waals surface area (Å²) in [5.41, 5.74) is 1.00. The average Bonchev–Trinajstić information content (AvgIpc) is 2.99. The fourth-order valence-corrected chi connectivity index (χ4v) is 5.89. The molecule has 0 fully saturated rings. The highest BCUT2D eigenvalue weighted by atomic mass is 32.2. The molecular formula is C32H41N3O6S. The molecule has 0 aliphatic carbocycles. The van der Waals surface area contributed by atoms with Crippen LogP contribution < -0.4 is 19.1 Å². The number of benzene rings is 3. The molecule has 3 rings (SSSR count). The molecule has 0 radical (unpaired) electrons. The zero-order valence-electron chi connectivity index (χ0n) is 24.9. The number of sulfonamides is 1. The third kappa shape index (κ3) is 8.25. The number of rotatable bonds is 15. The average molecular weight is 596 g/mol. The number of ether oxygens (including phenoxy) is 2. The third-order valence-electron chi connectivity index (χ3n) is 6.63. The maximum Gasteiger partial charge on any atom is 0.264 e. The number of carbonyl (C=O) groups excluding carboxylic acids is 2. The lowest BCUT2D eigenvalue weighted by Gasteiger charge is -2.33. The molecule has 0 saturated heterocycles. The highest BCUT2D eigenvalue weighted by Crippen LogP contribution is 2.33. The smallest absolute Gasteiger partial charge is 0.264 e. The molecule has 226 valence electrons. The van der Waals surface area contributed by atoms with Gasteiger partial charge in [-0.05, 0) is 61.2 Å². The minimum Gasteiger partial charge on any atom is -0.497 e. The molecule has 1 N–H and O–H groups in total. The van der Waals surface area contributed by atoms with Gasteiger partial charge in [0.2, 0.25) is 11.8 Å². The van der Waals surface area contributed by atoms with Crippen LogP contribution in [-0.4, -0.2) is 58.0 Å². The summed E-state index contributed by atoms with van der Waals surface area (Å²) < 4.78 is 40.2. The molecule has 0 aliphatic rings. The van der Waals surface area contributed by atoms with Crippen LogP contribution in [-0.2, 0) is 26.2 Å². The van der Waals surface area contributed by atoms with Crippen molar-refractivity contribution in [3.05, 3.63) is 84.4 Å². The van der Waals surface area contributed by atoms with Crippen molar-refractivity contribution in [1.29, 1.82) is 0 Å². The maximum atomic E-state index is 14.2. The Morgan fingerprint density at radius 2 is 1.55 bits per heavy atom. The van der Waals surface area contributed by atoms with Gasteiger partial charge < -0.3 is 19.7 Å². The van der Waals surface area contributed by atoms with Gasteiger partial charge in [-0.3, -0.25) is 13.9 Å². The first-order chi connectivity index (χ1) is 20.1. The first kappa shape index (κ1) is 32.5. The summed E-state index contributed by atoms with van der Waals surface area (Å²) in [5, 5.41) is 2.93. The summed E-state index contributed by atoms with van der Waals surface area (Å²) in [4.78, 5) is 29.1. The molecule has 0 unspecified atom stereocenters. The number of methoxy groups -OCH3 is 1. The highest BCUT2D eigenvalue weighted by molar-refractivity contribution is 7.92. The standard InChI is InChI=1S/C32H41N3O6S/c1-6-28(32(37)33-21-24(3)4)34(22-25-17-19-26(40-5)20-18-25)31(36)23-35(29-15-11-12-16-30(29)41-7-2)42(38,39)27-13-9-8-10-14-27/h8-20,24,28H,6-7,21-23H2,1-5H3,(H,33,37)/t28-/m1/s1. The molecule has 42 heavy (non-hydrogen) atoms. The predicted octanol–water partition coefficient (Wildman–Crippen LogP) is 4.87. The maximum absolute atomic E-state index is 14.2. The van der Waals surface area contributed by atoms with Crippen LogP contribution in [0.15, 0.2) is 83.8 Å². The van der Waals surface area contributed by atoms with Gasteiger partial charge in [0, 0.05) is 13.1 Å². The Balaban J connectivity index is 2.08. The molecule has 1 atom stereocenters. The summed E-state index contributed by atoms with van der Waals surface area (Å²) in [7, 11) is -2.62. The summed E-state index contributed by atoms with van der Waals surface area (Å²) in [6.45, 7) is 7.94. The lowest BCUT2D eigenvalue weighted by atomic mass is 10.1. The van der Waals surface area contributed by atoms with Crippen molar-refractivity contribution in [2.75, 3.05) is 31.1 Å². The normalized spacial score (nSPS) is 12.0. The Morgan fingerprint density at radius 1 is 0.905 bits per heavy atom. The van der Waals surface area contributed by atoms with E-state index in [1.54, 1.807) is 68.6 Å². The first-order valence-corrected chi connectivity index (χ1v) is 15.6. The minimum atomic E-state index is -4.19. The Morgan fingerprint density at radius 3 is 2.14 bits per heavy atom. The van der Waals surface area contributed by atoms with Gasteiger partial charge in [-0.1, -0.05) is 63.2 Å². The van der Waals surface area contributed by atoms with Crippen LogP contribution in [0.5, 0.6) is 11.5 Å². The van der Waals surface area contributed by atoms with Crippen LogP contribution in [0.3, 0.4) is 0 Å². The van der Waals surface area contributed by atoms with Crippen molar-refractivity contribution in [3.8, 4) is 11.5 Å². The number of anilines is 1. The van der Waals surface area contributed by atoms with Gasteiger partial charge in [0.05, 0.1) is 24.3 Å². The number of nitrogens with one attached hydrogen (secondary N) is 1. The first-order valence-electron chi connectivity index (χ1n) is 14.1. The van der Waals surface area contributed by atoms with Gasteiger partial charge in [-0.2, -0.15) is 0 Å². The highest BCUT2D eigenvalue weighted by Gasteiger charge is 2.34. The molecule has 0 heterocycles. The molecule has 2 amide bonds. The molecule has 0 aliphatic heterocycles. The Kier molecular flexibility index (Phi) is 11.8. The molecule has 0 saturated carbocycles. The number of nitrogens with zero attached hydrogens (tertiary/aromatic N) is 2. The van der Waals surface area contributed by atoms with Crippen molar-refractivity contribution < 1.29 is 27.5 Å². The van der Waals surface area contributed by atoms with Crippen molar-refractivity contribution in [2.24, 2.45) is 5.92 Å². The number of para-hydroxylation sites is 2. The van der Waals surface area contributed by atoms with E-state index in [4.69, 9.17) is 9.47 Å². The van der Waals surface area contributed by atoms with E-state index in [0.717, 1.165) is 9.87 Å². The van der Waals surface area contributed by atoms with Crippen molar-refractivity contribution >= 4 is 27.5 Å². The van der Waals surface area contributed by atoms with Gasteiger partial charge in [-0.15, -0.1) is 0 Å². The Bertz CT molecular complexity index is 1410. The minimum absolute atomic E-state index is 0.0347. The van der Waals surface area contributed by atoms with Crippen LogP contribution in [0.1, 0.15) is 39.7 Å². The van der Waals surface area contributed by atoms with E-state index >= 15 is 0 Å². The summed E-state index contributed by atoms with van der Waals surface area (Å²) in [6.07, 6.45) is 0.340. The fraction of sp³-hybridized carbons (Fsp3) is 0.375. The molecule has 10 heteroatoms. The van der Waals surface area contributed by atoms with Gasteiger partial charge in [0.1, 0.15) is 24.1 Å². The summed E-state index contributed by atoms with van der Waals surface area (Å²) in [6, 6.07) is 21.0. The number of hydrogen-bond acceptors (Lipinski definition) is 6. The van der Waals surface area contributed by atoms with E-state index in [1.165, 1.54) is 17.0 Å². The quantitative estimate of drug-likeness (QED) is 0.269. The van der Waals surface area contributed by atoms with Crippen LogP contribution in [0.2, 0.25) is 0 Å². The van der Waals surface area contributed by atoms with E-state index in [-0.39, 0.29) is 29.0 Å². The van der Waals surface area contributed by atoms with Crippen molar-refractivity contribution in [3.63, 3.8) is 0 Å².